The molecular formula is C43H25NOS. The third kappa shape index (κ3) is 2.97. The van der Waals surface area contributed by atoms with Crippen molar-refractivity contribution in [1.29, 1.82) is 0 Å². The Balaban J connectivity index is 1.29. The van der Waals surface area contributed by atoms with Gasteiger partial charge in [0.15, 0.2) is 0 Å². The van der Waals surface area contributed by atoms with E-state index in [0.717, 1.165) is 11.5 Å². The molecule has 46 heavy (non-hydrogen) atoms. The average molecular weight is 604 g/mol. The maximum atomic E-state index is 6.85. The molecule has 0 saturated heterocycles. The quantitative estimate of drug-likeness (QED) is 0.182. The second kappa shape index (κ2) is 8.75. The molecule has 3 heterocycles. The standard InChI is InChI=1S/C43H25NOS/c1-5-15-33-27(11-1)28-12-2-6-16-34(28)43(33)35-17-7-9-19-39(35)45-40-24-31-29-13-3-8-18-37(29)44(38(31)25-36(40)43)26-21-22-42-32(23-26)30-14-4-10-20-41(30)46-42/h1-25H. The minimum absolute atomic E-state index is 0.500. The van der Waals surface area contributed by atoms with Crippen molar-refractivity contribution in [3.8, 4) is 28.3 Å². The van der Waals surface area contributed by atoms with Crippen LogP contribution in [0.15, 0.2) is 152 Å². The number of thiophene rings is 1. The zero-order valence-corrected chi connectivity index (χ0v) is 25.5. The minimum Gasteiger partial charge on any atom is -0.457 e. The van der Waals surface area contributed by atoms with Gasteiger partial charge >= 0.3 is 0 Å². The first-order chi connectivity index (χ1) is 22.8. The van der Waals surface area contributed by atoms with Gasteiger partial charge in [0.1, 0.15) is 11.5 Å². The summed E-state index contributed by atoms with van der Waals surface area (Å²) in [6.45, 7) is 0. The average Bonchev–Trinajstić information content (AvgIpc) is 3.74. The predicted octanol–water partition coefficient (Wildman–Crippen LogP) is 11.6. The molecule has 1 aliphatic carbocycles. The van der Waals surface area contributed by atoms with Gasteiger partial charge in [-0.05, 0) is 70.8 Å². The topological polar surface area (TPSA) is 14.2 Å². The van der Waals surface area contributed by atoms with E-state index in [-0.39, 0.29) is 0 Å². The second-order valence-electron chi connectivity index (χ2n) is 12.4. The van der Waals surface area contributed by atoms with Crippen molar-refractivity contribution in [3.63, 3.8) is 0 Å². The number of rotatable bonds is 1. The highest BCUT2D eigenvalue weighted by molar-refractivity contribution is 7.25. The maximum absolute atomic E-state index is 6.85. The molecule has 2 aliphatic rings. The number of nitrogens with zero attached hydrogens (tertiary/aromatic N) is 1. The highest BCUT2D eigenvalue weighted by atomic mass is 32.1. The lowest BCUT2D eigenvalue weighted by atomic mass is 9.66. The third-order valence-corrected chi connectivity index (χ3v) is 11.4. The van der Waals surface area contributed by atoms with Crippen LogP contribution in [0.25, 0.3) is 58.8 Å². The van der Waals surface area contributed by atoms with Crippen LogP contribution < -0.4 is 4.74 Å². The predicted molar refractivity (Wildman–Crippen MR) is 191 cm³/mol. The van der Waals surface area contributed by atoms with E-state index in [1.807, 2.05) is 11.3 Å². The minimum atomic E-state index is -0.500. The zero-order chi connectivity index (χ0) is 30.0. The maximum Gasteiger partial charge on any atom is 0.133 e. The summed E-state index contributed by atoms with van der Waals surface area (Å²) in [6, 6.07) is 55.7. The van der Waals surface area contributed by atoms with Crippen LogP contribution >= 0.6 is 11.3 Å². The Labute approximate surface area is 269 Å². The molecule has 214 valence electrons. The van der Waals surface area contributed by atoms with E-state index < -0.39 is 5.41 Å². The molecule has 0 N–H and O–H groups in total. The van der Waals surface area contributed by atoms with E-state index in [9.17, 15) is 0 Å². The van der Waals surface area contributed by atoms with Crippen molar-refractivity contribution in [2.45, 2.75) is 5.41 Å². The molecule has 0 atom stereocenters. The first-order valence-corrected chi connectivity index (χ1v) is 16.6. The van der Waals surface area contributed by atoms with Gasteiger partial charge in [0.05, 0.1) is 16.4 Å². The van der Waals surface area contributed by atoms with Crippen molar-refractivity contribution < 1.29 is 4.74 Å². The number of fused-ring (bicyclic) bond motifs is 15. The van der Waals surface area contributed by atoms with Crippen molar-refractivity contribution in [2.75, 3.05) is 0 Å². The van der Waals surface area contributed by atoms with E-state index in [1.165, 1.54) is 81.0 Å². The molecular weight excluding hydrogens is 579 g/mol. The number of para-hydroxylation sites is 2. The summed E-state index contributed by atoms with van der Waals surface area (Å²) >= 11 is 1.86. The first kappa shape index (κ1) is 24.7. The fourth-order valence-corrected chi connectivity index (χ4v) is 9.53. The lowest BCUT2D eigenvalue weighted by molar-refractivity contribution is 0.437. The van der Waals surface area contributed by atoms with Crippen LogP contribution in [0.2, 0.25) is 0 Å². The molecule has 0 bridgehead atoms. The molecule has 1 aliphatic heterocycles. The van der Waals surface area contributed by atoms with Gasteiger partial charge in [0.2, 0.25) is 0 Å². The summed E-state index contributed by atoms with van der Waals surface area (Å²) in [5, 5.41) is 5.03. The van der Waals surface area contributed by atoms with Crippen LogP contribution in [-0.2, 0) is 5.41 Å². The van der Waals surface area contributed by atoms with Crippen molar-refractivity contribution >= 4 is 53.3 Å². The fraction of sp³-hybridized carbons (Fsp3) is 0.0233. The molecule has 0 unspecified atom stereocenters. The summed E-state index contributed by atoms with van der Waals surface area (Å²) < 4.78 is 11.9. The van der Waals surface area contributed by atoms with E-state index in [2.05, 4.69) is 156 Å². The SMILES string of the molecule is c1ccc2c(c1)Oc1cc3c4ccccc4n(-c4ccc5sc6ccccc6c5c4)c3cc1C21c2ccccc2-c2ccccc21. The molecule has 0 saturated carbocycles. The van der Waals surface area contributed by atoms with Gasteiger partial charge in [-0.1, -0.05) is 103 Å². The number of hydrogen-bond acceptors (Lipinski definition) is 2. The molecule has 3 heteroatoms. The van der Waals surface area contributed by atoms with Crippen LogP contribution in [-0.4, -0.2) is 4.57 Å². The molecule has 2 nitrogen and oxygen atoms in total. The molecule has 0 fully saturated rings. The number of hydrogen-bond donors (Lipinski definition) is 0. The van der Waals surface area contributed by atoms with E-state index in [4.69, 9.17) is 4.74 Å². The number of aromatic nitrogens is 1. The van der Waals surface area contributed by atoms with Crippen LogP contribution in [0.1, 0.15) is 22.3 Å². The smallest absolute Gasteiger partial charge is 0.133 e. The normalized spacial score (nSPS) is 14.0. The molecule has 2 aromatic heterocycles. The number of benzene rings is 7. The Bertz CT molecular complexity index is 2700. The highest BCUT2D eigenvalue weighted by Crippen LogP contribution is 2.62. The molecule has 1 spiro atoms. The molecule has 9 aromatic rings. The van der Waals surface area contributed by atoms with Crippen molar-refractivity contribution in [1.82, 2.24) is 4.57 Å². The Morgan fingerprint density at radius 3 is 1.91 bits per heavy atom. The van der Waals surface area contributed by atoms with E-state index in [0.29, 0.717) is 0 Å². The fourth-order valence-electron chi connectivity index (χ4n) is 8.45. The van der Waals surface area contributed by atoms with E-state index in [1.54, 1.807) is 0 Å². The Kier molecular flexibility index (Phi) is 4.69. The van der Waals surface area contributed by atoms with Gasteiger partial charge in [-0.3, -0.25) is 0 Å². The summed E-state index contributed by atoms with van der Waals surface area (Å²) in [7, 11) is 0. The Morgan fingerprint density at radius 1 is 0.435 bits per heavy atom. The largest absolute Gasteiger partial charge is 0.457 e. The first-order valence-electron chi connectivity index (χ1n) is 15.8. The Hall–Kier alpha value is -5.64. The van der Waals surface area contributed by atoms with Gasteiger partial charge in [0, 0.05) is 47.8 Å². The van der Waals surface area contributed by atoms with Crippen molar-refractivity contribution in [2.24, 2.45) is 0 Å². The van der Waals surface area contributed by atoms with Gasteiger partial charge in [0.25, 0.3) is 0 Å². The zero-order valence-electron chi connectivity index (χ0n) is 24.7. The van der Waals surface area contributed by atoms with Gasteiger partial charge in [-0.25, -0.2) is 0 Å². The highest BCUT2D eigenvalue weighted by Gasteiger charge is 2.51. The monoisotopic (exact) mass is 603 g/mol. The van der Waals surface area contributed by atoms with Crippen LogP contribution in [0.4, 0.5) is 0 Å². The van der Waals surface area contributed by atoms with Gasteiger partial charge < -0.3 is 9.30 Å². The van der Waals surface area contributed by atoms with Crippen LogP contribution in [0.5, 0.6) is 11.5 Å². The molecule has 7 aromatic carbocycles. The van der Waals surface area contributed by atoms with Crippen LogP contribution in [0, 0.1) is 0 Å². The van der Waals surface area contributed by atoms with Crippen LogP contribution in [0.3, 0.4) is 0 Å². The molecule has 0 amide bonds. The summed E-state index contributed by atoms with van der Waals surface area (Å²) in [5.41, 5.74) is 10.6. The van der Waals surface area contributed by atoms with Crippen molar-refractivity contribution in [3.05, 3.63) is 174 Å². The second-order valence-corrected chi connectivity index (χ2v) is 13.5. The molecule has 0 radical (unpaired) electrons. The third-order valence-electron chi connectivity index (χ3n) is 10.3. The summed E-state index contributed by atoms with van der Waals surface area (Å²) in [4.78, 5) is 0. The van der Waals surface area contributed by atoms with Gasteiger partial charge in [-0.2, -0.15) is 0 Å². The lowest BCUT2D eigenvalue weighted by Crippen LogP contribution is -2.32. The lowest BCUT2D eigenvalue weighted by Gasteiger charge is -2.39. The van der Waals surface area contributed by atoms with E-state index >= 15 is 0 Å². The molecule has 11 rings (SSSR count). The summed E-state index contributed by atoms with van der Waals surface area (Å²) in [6.07, 6.45) is 0. The summed E-state index contributed by atoms with van der Waals surface area (Å²) in [5.74, 6) is 1.83. The van der Waals surface area contributed by atoms with Gasteiger partial charge in [-0.15, -0.1) is 11.3 Å². The number of ether oxygens (including phenoxy) is 1. The Morgan fingerprint density at radius 2 is 1.09 bits per heavy atom.